The molecule has 0 amide bonds. The summed E-state index contributed by atoms with van der Waals surface area (Å²) in [5.74, 6) is -0.901. The Bertz CT molecular complexity index is 728. The molecule has 0 aromatic carbocycles. The summed E-state index contributed by atoms with van der Waals surface area (Å²) in [4.78, 5) is 2.29. The van der Waals surface area contributed by atoms with Gasteiger partial charge in [0.2, 0.25) is 0 Å². The second-order valence-electron chi connectivity index (χ2n) is 7.22. The van der Waals surface area contributed by atoms with Gasteiger partial charge in [-0.3, -0.25) is 4.90 Å². The molecule has 2 aliphatic carbocycles. The minimum absolute atomic E-state index is 0.0144. The lowest BCUT2D eigenvalue weighted by Crippen LogP contribution is -2.56. The third kappa shape index (κ3) is 2.58. The highest BCUT2D eigenvalue weighted by Gasteiger charge is 2.58. The van der Waals surface area contributed by atoms with Crippen molar-refractivity contribution in [3.63, 3.8) is 0 Å². The second kappa shape index (κ2) is 6.83. The van der Waals surface area contributed by atoms with E-state index in [0.29, 0.717) is 0 Å². The smallest absolute Gasteiger partial charge is 0.186 e. The summed E-state index contributed by atoms with van der Waals surface area (Å²) in [6.07, 6.45) is 9.35. The molecule has 1 aliphatic heterocycles. The van der Waals surface area contributed by atoms with Gasteiger partial charge in [-0.25, -0.2) is 0 Å². The van der Waals surface area contributed by atoms with Gasteiger partial charge in [-0.1, -0.05) is 25.2 Å². The van der Waals surface area contributed by atoms with Gasteiger partial charge in [0.1, 0.15) is 5.92 Å². The number of nitrogens with zero attached hydrogens (tertiary/aromatic N) is 4. The van der Waals surface area contributed by atoms with Gasteiger partial charge in [-0.15, -0.1) is 0 Å². The van der Waals surface area contributed by atoms with E-state index in [1.165, 1.54) is 0 Å². The van der Waals surface area contributed by atoms with Crippen molar-refractivity contribution in [1.29, 1.82) is 21.2 Å². The van der Waals surface area contributed by atoms with E-state index in [1.807, 2.05) is 0 Å². The molecule has 5 nitrogen and oxygen atoms in total. The van der Waals surface area contributed by atoms with Crippen molar-refractivity contribution in [2.45, 2.75) is 26.2 Å². The van der Waals surface area contributed by atoms with Crippen LogP contribution in [-0.2, 0) is 0 Å². The average molecular weight is 333 g/mol. The molecule has 0 saturated heterocycles. The largest absolute Gasteiger partial charge is 0.305 e. The van der Waals surface area contributed by atoms with Crippen molar-refractivity contribution in [1.82, 2.24) is 4.90 Å². The summed E-state index contributed by atoms with van der Waals surface area (Å²) < 4.78 is 0. The van der Waals surface area contributed by atoms with Crippen molar-refractivity contribution in [2.75, 3.05) is 19.6 Å². The molecular formula is C20H23N5. The highest BCUT2D eigenvalue weighted by molar-refractivity contribution is 6.00. The van der Waals surface area contributed by atoms with Crippen LogP contribution < -0.4 is 0 Å². The molecule has 0 spiro atoms. The topological polar surface area (TPSA) is 98.5 Å². The molecule has 128 valence electrons. The van der Waals surface area contributed by atoms with Crippen LogP contribution in [0, 0.1) is 68.5 Å². The summed E-state index contributed by atoms with van der Waals surface area (Å²) in [7, 11) is 0. The van der Waals surface area contributed by atoms with Crippen molar-refractivity contribution in [3.05, 3.63) is 23.8 Å². The molecule has 25 heavy (non-hydrogen) atoms. The molecule has 1 saturated carbocycles. The Morgan fingerprint density at radius 2 is 2.08 bits per heavy atom. The fourth-order valence-electron chi connectivity index (χ4n) is 4.82. The fourth-order valence-corrected chi connectivity index (χ4v) is 4.82. The first-order valence-electron chi connectivity index (χ1n) is 9.02. The predicted octanol–water partition coefficient (Wildman–Crippen LogP) is 3.04. The Balaban J connectivity index is 2.16. The minimum Gasteiger partial charge on any atom is -0.305 e. The van der Waals surface area contributed by atoms with E-state index in [1.54, 1.807) is 0 Å². The lowest BCUT2D eigenvalue weighted by atomic mass is 9.52. The van der Waals surface area contributed by atoms with Crippen LogP contribution in [0.4, 0.5) is 0 Å². The van der Waals surface area contributed by atoms with Gasteiger partial charge in [-0.2, -0.15) is 15.8 Å². The van der Waals surface area contributed by atoms with E-state index in [0.717, 1.165) is 44.5 Å². The Labute approximate surface area is 149 Å². The van der Waals surface area contributed by atoms with E-state index >= 15 is 0 Å². The highest BCUT2D eigenvalue weighted by atomic mass is 15.1. The summed E-state index contributed by atoms with van der Waals surface area (Å²) in [5, 5.41) is 38.2. The molecule has 1 unspecified atom stereocenters. The van der Waals surface area contributed by atoms with Crippen LogP contribution in [-0.4, -0.2) is 30.2 Å². The van der Waals surface area contributed by atoms with Crippen LogP contribution >= 0.6 is 0 Å². The second-order valence-corrected chi connectivity index (χ2v) is 7.22. The molecule has 1 N–H and O–H groups in total. The van der Waals surface area contributed by atoms with Crippen LogP contribution in [0.15, 0.2) is 23.8 Å². The van der Waals surface area contributed by atoms with Crippen LogP contribution in [0.5, 0.6) is 0 Å². The maximum Gasteiger partial charge on any atom is 0.186 e. The van der Waals surface area contributed by atoms with Gasteiger partial charge >= 0.3 is 0 Å². The SMILES string of the molecule is CCN1CC=C2C(C#N)C(=N)C(C#N)(C#N)[C@@H]([C@H]3C=CCCC3)[C@H]2C1. The van der Waals surface area contributed by atoms with Gasteiger partial charge in [0, 0.05) is 24.9 Å². The summed E-state index contributed by atoms with van der Waals surface area (Å²) in [6.45, 7) is 4.53. The number of rotatable bonds is 2. The van der Waals surface area contributed by atoms with Gasteiger partial charge in [0.05, 0.1) is 23.9 Å². The van der Waals surface area contributed by atoms with Crippen LogP contribution in [0.3, 0.4) is 0 Å². The van der Waals surface area contributed by atoms with Gasteiger partial charge < -0.3 is 5.41 Å². The molecule has 1 fully saturated rings. The van der Waals surface area contributed by atoms with Gasteiger partial charge in [0.25, 0.3) is 0 Å². The van der Waals surface area contributed by atoms with E-state index in [2.05, 4.69) is 48.3 Å². The zero-order valence-electron chi connectivity index (χ0n) is 14.6. The Morgan fingerprint density at radius 1 is 1.32 bits per heavy atom. The van der Waals surface area contributed by atoms with E-state index < -0.39 is 11.3 Å². The van der Waals surface area contributed by atoms with Crippen LogP contribution in [0.1, 0.15) is 26.2 Å². The van der Waals surface area contributed by atoms with Crippen molar-refractivity contribution in [3.8, 4) is 18.2 Å². The molecule has 3 aliphatic rings. The summed E-state index contributed by atoms with van der Waals surface area (Å²) >= 11 is 0. The third-order valence-corrected chi connectivity index (χ3v) is 6.13. The first-order valence-corrected chi connectivity index (χ1v) is 9.02. The normalized spacial score (nSPS) is 34.2. The maximum atomic E-state index is 9.96. The van der Waals surface area contributed by atoms with E-state index in [-0.39, 0.29) is 23.5 Å². The molecule has 4 atom stereocenters. The number of hydrogen-bond donors (Lipinski definition) is 1. The standard InChI is InChI=1S/C20H23N5/c1-2-25-9-8-15-16(10-21)19(24)20(12-22,13-23)18(17(15)11-25)14-6-4-3-5-7-14/h4,6,8,14,16-18,24H,2-3,5,7,9,11H2,1H3/t14-,16?,17-,18-/m0/s1. The Hall–Kier alpha value is -2.42. The molecule has 0 aromatic rings. The van der Waals surface area contributed by atoms with Crippen molar-refractivity contribution >= 4 is 5.71 Å². The number of hydrogen-bond acceptors (Lipinski definition) is 5. The number of likely N-dealkylation sites (N-methyl/N-ethyl adjacent to an activating group) is 1. The molecule has 3 rings (SSSR count). The third-order valence-electron chi connectivity index (χ3n) is 6.13. The lowest BCUT2D eigenvalue weighted by Gasteiger charge is -2.50. The predicted molar refractivity (Wildman–Crippen MR) is 94.1 cm³/mol. The van der Waals surface area contributed by atoms with Crippen LogP contribution in [0.2, 0.25) is 0 Å². The molecular weight excluding hydrogens is 310 g/mol. The zero-order chi connectivity index (χ0) is 18.0. The van der Waals surface area contributed by atoms with Crippen LogP contribution in [0.25, 0.3) is 0 Å². The summed E-state index contributed by atoms with van der Waals surface area (Å²) in [6, 6.07) is 6.56. The molecule has 0 aromatic heterocycles. The van der Waals surface area contributed by atoms with Gasteiger partial charge in [-0.05, 0) is 37.3 Å². The minimum atomic E-state index is -1.51. The molecule has 1 heterocycles. The van der Waals surface area contributed by atoms with Crippen molar-refractivity contribution < 1.29 is 0 Å². The first kappa shape index (κ1) is 17.4. The molecule has 0 bridgehead atoms. The number of nitrogens with one attached hydrogen (secondary N) is 1. The number of allylic oxidation sites excluding steroid dienone is 2. The first-order chi connectivity index (χ1) is 12.1. The average Bonchev–Trinajstić information content (AvgIpc) is 2.67. The van der Waals surface area contributed by atoms with Crippen molar-refractivity contribution in [2.24, 2.45) is 29.1 Å². The van der Waals surface area contributed by atoms with E-state index in [4.69, 9.17) is 5.41 Å². The van der Waals surface area contributed by atoms with E-state index in [9.17, 15) is 15.8 Å². The number of fused-ring (bicyclic) bond motifs is 1. The zero-order valence-corrected chi connectivity index (χ0v) is 14.6. The Kier molecular flexibility index (Phi) is 4.76. The van der Waals surface area contributed by atoms with Gasteiger partial charge in [0.15, 0.2) is 5.41 Å². The maximum absolute atomic E-state index is 9.96. The Morgan fingerprint density at radius 3 is 2.64 bits per heavy atom. The fraction of sp³-hybridized carbons (Fsp3) is 0.600. The molecule has 0 radical (unpaired) electrons. The monoisotopic (exact) mass is 333 g/mol. The molecule has 5 heteroatoms. The summed E-state index contributed by atoms with van der Waals surface area (Å²) in [5.41, 5.74) is -0.565. The quantitative estimate of drug-likeness (QED) is 0.785. The highest BCUT2D eigenvalue weighted by Crippen LogP contribution is 2.53. The lowest BCUT2D eigenvalue weighted by molar-refractivity contribution is 0.133. The number of nitriles is 3.